The van der Waals surface area contributed by atoms with Crippen LogP contribution in [0.25, 0.3) is 0 Å². The highest BCUT2D eigenvalue weighted by molar-refractivity contribution is 6.29. The molecule has 0 atom stereocenters. The second-order valence-electron chi connectivity index (χ2n) is 5.18. The third-order valence-electron chi connectivity index (χ3n) is 3.57. The maximum atomic E-state index is 12.7. The Morgan fingerprint density at radius 2 is 1.67 bits per heavy atom. The molecule has 0 saturated heterocycles. The maximum Gasteiger partial charge on any atom is 0.335 e. The van der Waals surface area contributed by atoms with Gasteiger partial charge in [-0.15, -0.1) is 0 Å². The number of fused-ring (bicyclic) bond motifs is 2. The van der Waals surface area contributed by atoms with Crippen molar-refractivity contribution in [1.82, 2.24) is 0 Å². The number of aromatic hydroxyl groups is 1. The predicted octanol–water partition coefficient (Wildman–Crippen LogP) is 1.79. The molecule has 0 spiro atoms. The molecule has 0 aromatic heterocycles. The van der Waals surface area contributed by atoms with Crippen LogP contribution >= 0.6 is 0 Å². The molecule has 7 nitrogen and oxygen atoms in total. The molecule has 24 heavy (non-hydrogen) atoms. The van der Waals surface area contributed by atoms with E-state index in [1.54, 1.807) is 0 Å². The van der Waals surface area contributed by atoms with Gasteiger partial charge in [0.25, 0.3) is 0 Å². The lowest BCUT2D eigenvalue weighted by Crippen LogP contribution is -2.23. The number of rotatable bonds is 2. The fraction of sp³-hybridized carbons (Fsp3) is 0.0588. The van der Waals surface area contributed by atoms with E-state index in [2.05, 4.69) is 0 Å². The summed E-state index contributed by atoms with van der Waals surface area (Å²) in [7, 11) is 0. The molecule has 2 aromatic rings. The van der Waals surface area contributed by atoms with Crippen molar-refractivity contribution in [3.05, 3.63) is 58.1 Å². The van der Waals surface area contributed by atoms with Gasteiger partial charge >= 0.3 is 11.9 Å². The van der Waals surface area contributed by atoms with Crippen LogP contribution in [0.5, 0.6) is 11.5 Å². The summed E-state index contributed by atoms with van der Waals surface area (Å²) < 4.78 is 4.92. The van der Waals surface area contributed by atoms with Crippen LogP contribution in [-0.4, -0.2) is 33.7 Å². The van der Waals surface area contributed by atoms with Gasteiger partial charge < -0.3 is 14.9 Å². The van der Waals surface area contributed by atoms with E-state index >= 15 is 0 Å². The zero-order chi connectivity index (χ0) is 17.6. The average Bonchev–Trinajstić information content (AvgIpc) is 2.50. The summed E-state index contributed by atoms with van der Waals surface area (Å²) in [6.07, 6.45) is 0. The van der Waals surface area contributed by atoms with Crippen LogP contribution in [0.2, 0.25) is 0 Å². The van der Waals surface area contributed by atoms with Crippen LogP contribution in [0.15, 0.2) is 30.3 Å². The molecular weight excluding hydrogens is 316 g/mol. The molecule has 0 bridgehead atoms. The molecule has 3 rings (SSSR count). The highest BCUT2D eigenvalue weighted by Gasteiger charge is 2.34. The van der Waals surface area contributed by atoms with Crippen molar-refractivity contribution in [3.8, 4) is 11.5 Å². The van der Waals surface area contributed by atoms with Crippen molar-refractivity contribution in [2.24, 2.45) is 0 Å². The van der Waals surface area contributed by atoms with Gasteiger partial charge in [-0.1, -0.05) is 0 Å². The minimum Gasteiger partial charge on any atom is -0.508 e. The van der Waals surface area contributed by atoms with E-state index in [0.717, 1.165) is 25.1 Å². The summed E-state index contributed by atoms with van der Waals surface area (Å²) in [6.45, 7) is 1.12. The Morgan fingerprint density at radius 1 is 0.958 bits per heavy atom. The van der Waals surface area contributed by atoms with E-state index in [4.69, 9.17) is 9.84 Å². The van der Waals surface area contributed by atoms with E-state index in [1.165, 1.54) is 12.1 Å². The number of carboxylic acid groups (broad SMARTS) is 1. The Labute approximate surface area is 135 Å². The molecule has 0 unspecified atom stereocenters. The Balaban J connectivity index is 2.26. The molecule has 1 aliphatic rings. The summed E-state index contributed by atoms with van der Waals surface area (Å²) in [5, 5.41) is 18.8. The predicted molar refractivity (Wildman–Crippen MR) is 79.7 cm³/mol. The van der Waals surface area contributed by atoms with Crippen molar-refractivity contribution < 1.29 is 34.1 Å². The molecule has 0 amide bonds. The molecule has 1 aliphatic carbocycles. The van der Waals surface area contributed by atoms with Gasteiger partial charge in [-0.05, 0) is 24.3 Å². The number of aromatic carboxylic acids is 1. The number of ketones is 2. The van der Waals surface area contributed by atoms with Crippen LogP contribution in [0, 0.1) is 0 Å². The van der Waals surface area contributed by atoms with Crippen molar-refractivity contribution in [2.75, 3.05) is 0 Å². The molecule has 2 aromatic carbocycles. The number of phenols is 1. The Hall–Kier alpha value is -3.48. The average molecular weight is 326 g/mol. The van der Waals surface area contributed by atoms with Gasteiger partial charge in [0.15, 0.2) is 11.6 Å². The molecule has 0 saturated carbocycles. The second kappa shape index (κ2) is 5.31. The van der Waals surface area contributed by atoms with Crippen molar-refractivity contribution in [1.29, 1.82) is 0 Å². The van der Waals surface area contributed by atoms with Gasteiger partial charge in [0.2, 0.25) is 0 Å². The number of hydrogen-bond donors (Lipinski definition) is 2. The van der Waals surface area contributed by atoms with E-state index in [1.807, 2.05) is 0 Å². The fourth-order valence-electron chi connectivity index (χ4n) is 2.59. The first-order valence-electron chi connectivity index (χ1n) is 6.81. The molecule has 0 fully saturated rings. The normalized spacial score (nSPS) is 12.4. The maximum absolute atomic E-state index is 12.7. The highest BCUT2D eigenvalue weighted by atomic mass is 16.5. The number of hydrogen-bond acceptors (Lipinski definition) is 6. The number of carbonyl (C=O) groups is 4. The van der Waals surface area contributed by atoms with Gasteiger partial charge in [0.1, 0.15) is 11.5 Å². The number of carbonyl (C=O) groups excluding carboxylic acids is 3. The summed E-state index contributed by atoms with van der Waals surface area (Å²) in [6, 6.07) is 5.72. The third kappa shape index (κ3) is 2.32. The minimum atomic E-state index is -1.24. The third-order valence-corrected chi connectivity index (χ3v) is 3.57. The first-order chi connectivity index (χ1) is 11.3. The number of ether oxygens (including phenoxy) is 1. The van der Waals surface area contributed by atoms with Crippen molar-refractivity contribution in [3.63, 3.8) is 0 Å². The molecule has 7 heteroatoms. The van der Waals surface area contributed by atoms with Gasteiger partial charge in [-0.3, -0.25) is 14.4 Å². The summed E-state index contributed by atoms with van der Waals surface area (Å²) in [5.41, 5.74) is -0.489. The smallest absolute Gasteiger partial charge is 0.335 e. The lowest BCUT2D eigenvalue weighted by molar-refractivity contribution is -0.131. The molecule has 0 aliphatic heterocycles. The quantitative estimate of drug-likeness (QED) is 0.544. The van der Waals surface area contributed by atoms with Crippen LogP contribution in [0.4, 0.5) is 0 Å². The number of benzene rings is 2. The highest BCUT2D eigenvalue weighted by Crippen LogP contribution is 2.36. The lowest BCUT2D eigenvalue weighted by atomic mass is 9.82. The number of phenolic OH excluding ortho intramolecular Hbond substituents is 1. The summed E-state index contributed by atoms with van der Waals surface area (Å²) in [5.74, 6) is -3.75. The van der Waals surface area contributed by atoms with Crippen molar-refractivity contribution in [2.45, 2.75) is 6.92 Å². The Morgan fingerprint density at radius 3 is 2.29 bits per heavy atom. The molecule has 2 N–H and O–H groups in total. The molecular formula is C17H10O7. The van der Waals surface area contributed by atoms with Crippen LogP contribution < -0.4 is 4.74 Å². The minimum absolute atomic E-state index is 0.0107. The molecule has 0 heterocycles. The van der Waals surface area contributed by atoms with E-state index < -0.39 is 23.5 Å². The zero-order valence-electron chi connectivity index (χ0n) is 12.3. The Bertz CT molecular complexity index is 940. The van der Waals surface area contributed by atoms with E-state index in [0.29, 0.717) is 0 Å². The second-order valence-corrected chi connectivity index (χ2v) is 5.18. The SMILES string of the molecule is CC(=O)Oc1cc(O)cc2c1C(=O)c1ccc(C(=O)O)cc1C2=O. The topological polar surface area (TPSA) is 118 Å². The van der Waals surface area contributed by atoms with Crippen molar-refractivity contribution >= 4 is 23.5 Å². The number of carboxylic acids is 1. The zero-order valence-corrected chi connectivity index (χ0v) is 12.3. The van der Waals surface area contributed by atoms with E-state index in [-0.39, 0.29) is 39.3 Å². The molecule has 0 radical (unpaired) electrons. The van der Waals surface area contributed by atoms with Gasteiger partial charge in [-0.25, -0.2) is 4.79 Å². The first kappa shape index (κ1) is 15.4. The largest absolute Gasteiger partial charge is 0.508 e. The van der Waals surface area contributed by atoms with Crippen LogP contribution in [-0.2, 0) is 4.79 Å². The number of esters is 1. The molecule has 120 valence electrons. The van der Waals surface area contributed by atoms with E-state index in [9.17, 15) is 24.3 Å². The monoisotopic (exact) mass is 326 g/mol. The first-order valence-corrected chi connectivity index (χ1v) is 6.81. The van der Waals surface area contributed by atoms with Gasteiger partial charge in [0, 0.05) is 29.7 Å². The summed E-state index contributed by atoms with van der Waals surface area (Å²) in [4.78, 5) is 47.6. The lowest BCUT2D eigenvalue weighted by Gasteiger charge is -2.20. The Kier molecular flexibility index (Phi) is 3.41. The van der Waals surface area contributed by atoms with Gasteiger partial charge in [-0.2, -0.15) is 0 Å². The fourth-order valence-corrected chi connectivity index (χ4v) is 2.59. The summed E-state index contributed by atoms with van der Waals surface area (Å²) >= 11 is 0. The van der Waals surface area contributed by atoms with Gasteiger partial charge in [0.05, 0.1) is 11.1 Å². The van der Waals surface area contributed by atoms with Crippen LogP contribution in [0.3, 0.4) is 0 Å². The standard InChI is InChI=1S/C17H10O7/c1-7(18)24-13-6-9(19)5-12-14(13)16(21)10-3-2-8(17(22)23)4-11(10)15(12)20/h2-6,19H,1H3,(H,22,23). The van der Waals surface area contributed by atoms with Crippen LogP contribution in [0.1, 0.15) is 49.1 Å².